The zero-order chi connectivity index (χ0) is 18.9. The number of carbonyl (C=O) groups excluding carboxylic acids is 1. The van der Waals surface area contributed by atoms with Crippen molar-refractivity contribution in [2.45, 2.75) is 6.18 Å². The Kier molecular flexibility index (Phi) is 4.16. The van der Waals surface area contributed by atoms with Crippen molar-refractivity contribution in [3.05, 3.63) is 64.0 Å². The van der Waals surface area contributed by atoms with E-state index in [1.807, 2.05) is 0 Å². The number of rotatable bonds is 4. The van der Waals surface area contributed by atoms with Gasteiger partial charge in [0.15, 0.2) is 11.5 Å². The van der Waals surface area contributed by atoms with Gasteiger partial charge < -0.3 is 15.4 Å². The second kappa shape index (κ2) is 6.31. The fraction of sp³-hybridized carbons (Fsp3) is 0.0714. The molecule has 0 fully saturated rings. The highest BCUT2D eigenvalue weighted by Gasteiger charge is 2.30. The Morgan fingerprint density at radius 2 is 2.04 bits per heavy atom. The fourth-order valence-electron chi connectivity index (χ4n) is 2.06. The summed E-state index contributed by atoms with van der Waals surface area (Å²) in [6, 6.07) is 6.81. The van der Waals surface area contributed by atoms with Crippen LogP contribution in [0.3, 0.4) is 0 Å². The number of benzene rings is 1. The van der Waals surface area contributed by atoms with E-state index in [4.69, 9.17) is 0 Å². The van der Waals surface area contributed by atoms with Gasteiger partial charge in [-0.1, -0.05) is 11.2 Å². The minimum absolute atomic E-state index is 0.0399. The molecule has 3 aromatic rings. The third-order valence-electron chi connectivity index (χ3n) is 3.26. The highest BCUT2D eigenvalue weighted by molar-refractivity contribution is 6.02. The summed E-state index contributed by atoms with van der Waals surface area (Å²) in [5.41, 5.74) is -0.916. The summed E-state index contributed by atoms with van der Waals surface area (Å²) < 4.78 is 39.4. The van der Waals surface area contributed by atoms with Crippen molar-refractivity contribution in [3.8, 4) is 5.69 Å². The zero-order valence-electron chi connectivity index (χ0n) is 12.7. The van der Waals surface area contributed by atoms with Crippen molar-refractivity contribution < 1.29 is 22.9 Å². The zero-order valence-corrected chi connectivity index (χ0v) is 12.7. The Labute approximate surface area is 142 Å². The number of H-pyrrole nitrogens is 1. The maximum absolute atomic E-state index is 12.8. The van der Waals surface area contributed by atoms with Crippen LogP contribution in [0.25, 0.3) is 5.69 Å². The first-order valence-corrected chi connectivity index (χ1v) is 6.98. The Hall–Kier alpha value is -3.70. The highest BCUT2D eigenvalue weighted by Crippen LogP contribution is 2.30. The molecule has 1 aromatic carbocycles. The number of anilines is 1. The Balaban J connectivity index is 1.77. The van der Waals surface area contributed by atoms with Gasteiger partial charge in [-0.25, -0.2) is 4.68 Å². The third-order valence-corrected chi connectivity index (χ3v) is 3.26. The molecule has 0 atom stereocenters. The van der Waals surface area contributed by atoms with Crippen LogP contribution >= 0.6 is 0 Å². The van der Waals surface area contributed by atoms with Crippen LogP contribution in [0.4, 0.5) is 24.8 Å². The molecule has 9 nitrogen and oxygen atoms in total. The van der Waals surface area contributed by atoms with E-state index < -0.39 is 28.4 Å². The lowest BCUT2D eigenvalue weighted by Gasteiger charge is -2.08. The second-order valence-electron chi connectivity index (χ2n) is 5.04. The van der Waals surface area contributed by atoms with Crippen molar-refractivity contribution in [1.29, 1.82) is 0 Å². The van der Waals surface area contributed by atoms with Gasteiger partial charge in [-0.15, -0.1) is 5.10 Å². The molecule has 0 aliphatic carbocycles. The van der Waals surface area contributed by atoms with E-state index in [0.29, 0.717) is 0 Å². The molecular formula is C14H9F3N6O3. The Morgan fingerprint density at radius 1 is 1.27 bits per heavy atom. The number of aromatic nitrogens is 4. The van der Waals surface area contributed by atoms with Crippen LogP contribution in [0.2, 0.25) is 0 Å². The van der Waals surface area contributed by atoms with E-state index in [9.17, 15) is 28.1 Å². The van der Waals surface area contributed by atoms with Crippen molar-refractivity contribution in [2.75, 3.05) is 5.32 Å². The van der Waals surface area contributed by atoms with Gasteiger partial charge in [0.1, 0.15) is 0 Å². The molecule has 26 heavy (non-hydrogen) atoms. The van der Waals surface area contributed by atoms with Gasteiger partial charge in [0.2, 0.25) is 0 Å². The lowest BCUT2D eigenvalue weighted by Crippen LogP contribution is -2.13. The fourth-order valence-corrected chi connectivity index (χ4v) is 2.06. The minimum atomic E-state index is -4.49. The molecule has 0 aliphatic rings. The van der Waals surface area contributed by atoms with Gasteiger partial charge in [0, 0.05) is 12.3 Å². The Morgan fingerprint density at radius 3 is 2.69 bits per heavy atom. The molecule has 0 saturated carbocycles. The van der Waals surface area contributed by atoms with Gasteiger partial charge in [-0.2, -0.15) is 18.3 Å². The number of nitrogens with one attached hydrogen (secondary N) is 2. The first kappa shape index (κ1) is 17.1. The number of amides is 1. The number of alkyl halides is 3. The van der Waals surface area contributed by atoms with Crippen LogP contribution in [0.5, 0.6) is 0 Å². The first-order chi connectivity index (χ1) is 12.2. The molecule has 2 aromatic heterocycles. The van der Waals surface area contributed by atoms with Crippen LogP contribution in [-0.2, 0) is 6.18 Å². The first-order valence-electron chi connectivity index (χ1n) is 6.98. The molecule has 0 radical (unpaired) electrons. The average Bonchev–Trinajstić information content (AvgIpc) is 3.23. The topological polar surface area (TPSA) is 119 Å². The quantitative estimate of drug-likeness (QED) is 0.544. The van der Waals surface area contributed by atoms with Crippen LogP contribution in [0.15, 0.2) is 42.6 Å². The van der Waals surface area contributed by atoms with Gasteiger partial charge in [0.05, 0.1) is 17.3 Å². The van der Waals surface area contributed by atoms with E-state index in [1.54, 1.807) is 0 Å². The van der Waals surface area contributed by atoms with Crippen LogP contribution in [-0.4, -0.2) is 30.8 Å². The number of hydrogen-bond donors (Lipinski definition) is 2. The summed E-state index contributed by atoms with van der Waals surface area (Å²) >= 11 is 0. The molecule has 2 N–H and O–H groups in total. The summed E-state index contributed by atoms with van der Waals surface area (Å²) in [7, 11) is 0. The van der Waals surface area contributed by atoms with Crippen molar-refractivity contribution >= 4 is 17.5 Å². The lowest BCUT2D eigenvalue weighted by atomic mass is 10.2. The molecule has 0 spiro atoms. The van der Waals surface area contributed by atoms with E-state index >= 15 is 0 Å². The largest absolute Gasteiger partial charge is 0.416 e. The molecule has 134 valence electrons. The smallest absolute Gasteiger partial charge is 0.358 e. The second-order valence-corrected chi connectivity index (χ2v) is 5.04. The highest BCUT2D eigenvalue weighted by atomic mass is 19.4. The number of nitrogens with zero attached hydrogens (tertiary/aromatic N) is 4. The predicted molar refractivity (Wildman–Crippen MR) is 81.8 cm³/mol. The molecule has 0 aliphatic heterocycles. The van der Waals surface area contributed by atoms with Gasteiger partial charge in [0.25, 0.3) is 5.91 Å². The summed E-state index contributed by atoms with van der Waals surface area (Å²) in [6.07, 6.45) is -3.13. The summed E-state index contributed by atoms with van der Waals surface area (Å²) in [5.74, 6) is -1.17. The molecule has 1 amide bonds. The summed E-state index contributed by atoms with van der Waals surface area (Å²) in [4.78, 5) is 21.8. The molecular weight excluding hydrogens is 357 g/mol. The SMILES string of the molecule is O=C(Nc1ccn(-c2cccc(C(F)(F)F)c2)n1)c1cc([N+](=O)[O-])[nH]n1. The molecule has 0 bridgehead atoms. The van der Waals surface area contributed by atoms with Crippen molar-refractivity contribution in [1.82, 2.24) is 20.0 Å². The maximum atomic E-state index is 12.8. The Bertz CT molecular complexity index is 978. The molecule has 3 rings (SSSR count). The predicted octanol–water partition coefficient (Wildman–Crippen LogP) is 2.77. The molecule has 2 heterocycles. The average molecular weight is 366 g/mol. The maximum Gasteiger partial charge on any atom is 0.416 e. The number of nitro groups is 1. The summed E-state index contributed by atoms with van der Waals surface area (Å²) in [6.45, 7) is 0. The van der Waals surface area contributed by atoms with Crippen LogP contribution < -0.4 is 5.32 Å². The third kappa shape index (κ3) is 3.53. The van der Waals surface area contributed by atoms with E-state index in [0.717, 1.165) is 22.9 Å². The van der Waals surface area contributed by atoms with E-state index in [-0.39, 0.29) is 17.2 Å². The van der Waals surface area contributed by atoms with Crippen LogP contribution in [0.1, 0.15) is 16.1 Å². The standard InChI is InChI=1S/C14H9F3N6O3/c15-14(16,17)8-2-1-3-9(6-8)22-5-4-11(21-22)18-13(24)10-7-12(20-19-10)23(25)26/h1-7H,(H,19,20)(H,18,21,24). The van der Waals surface area contributed by atoms with Crippen molar-refractivity contribution in [3.63, 3.8) is 0 Å². The van der Waals surface area contributed by atoms with E-state index in [2.05, 4.69) is 20.6 Å². The monoisotopic (exact) mass is 366 g/mol. The minimum Gasteiger partial charge on any atom is -0.358 e. The van der Waals surface area contributed by atoms with Crippen molar-refractivity contribution in [2.24, 2.45) is 0 Å². The van der Waals surface area contributed by atoms with Crippen LogP contribution in [0, 0.1) is 10.1 Å². The number of carbonyl (C=O) groups is 1. The lowest BCUT2D eigenvalue weighted by molar-refractivity contribution is -0.389. The van der Waals surface area contributed by atoms with E-state index in [1.165, 1.54) is 24.4 Å². The number of aromatic amines is 1. The normalized spacial score (nSPS) is 11.3. The molecule has 0 saturated heterocycles. The molecule has 12 heteroatoms. The van der Waals surface area contributed by atoms with Gasteiger partial charge >= 0.3 is 12.0 Å². The molecule has 0 unspecified atom stereocenters. The number of hydrogen-bond acceptors (Lipinski definition) is 5. The van der Waals surface area contributed by atoms with Gasteiger partial charge in [-0.3, -0.25) is 4.79 Å². The summed E-state index contributed by atoms with van der Waals surface area (Å²) in [5, 5.41) is 22.4. The number of halogens is 3. The van der Waals surface area contributed by atoms with Gasteiger partial charge in [-0.05, 0) is 23.1 Å².